The molecule has 0 amide bonds. The Morgan fingerprint density at radius 3 is 2.77 bits per heavy atom. The number of rotatable bonds is 4. The van der Waals surface area contributed by atoms with Crippen molar-refractivity contribution in [1.82, 2.24) is 0 Å². The van der Waals surface area contributed by atoms with Crippen LogP contribution >= 0.6 is 11.8 Å². The normalized spacial score (nSPS) is 10.0. The van der Waals surface area contributed by atoms with Crippen LogP contribution in [0.1, 0.15) is 0 Å². The molecule has 0 saturated heterocycles. The Bertz CT molecular complexity index is 278. The maximum absolute atomic E-state index is 5.80. The van der Waals surface area contributed by atoms with E-state index in [0.717, 1.165) is 22.1 Å². The molecule has 0 unspecified atom stereocenters. The second-order valence-electron chi connectivity index (χ2n) is 2.54. The molecule has 0 aromatic heterocycles. The van der Waals surface area contributed by atoms with Crippen molar-refractivity contribution in [3.8, 4) is 5.75 Å². The summed E-state index contributed by atoms with van der Waals surface area (Å²) in [5.74, 6) is 1.67. The second kappa shape index (κ2) is 4.99. The van der Waals surface area contributed by atoms with Crippen LogP contribution in [-0.2, 0) is 0 Å². The topological polar surface area (TPSA) is 61.3 Å². The van der Waals surface area contributed by atoms with Gasteiger partial charge in [-0.2, -0.15) is 0 Å². The van der Waals surface area contributed by atoms with Crippen molar-refractivity contribution < 1.29 is 4.74 Å². The lowest BCUT2D eigenvalue weighted by Gasteiger charge is -2.06. The first-order chi connectivity index (χ1) is 6.27. The van der Waals surface area contributed by atoms with Crippen LogP contribution in [0.3, 0.4) is 0 Å². The Balaban J connectivity index is 2.73. The fourth-order valence-corrected chi connectivity index (χ4v) is 1.68. The summed E-state index contributed by atoms with van der Waals surface area (Å²) in [6.45, 7) is 0.663. The number of hydrogen-bond acceptors (Lipinski definition) is 4. The summed E-state index contributed by atoms with van der Waals surface area (Å²) in [5, 5.41) is 0. The van der Waals surface area contributed by atoms with E-state index in [2.05, 4.69) is 0 Å². The van der Waals surface area contributed by atoms with E-state index in [1.807, 2.05) is 18.2 Å². The maximum Gasteiger partial charge on any atom is 0.120 e. The number of benzene rings is 1. The van der Waals surface area contributed by atoms with Crippen LogP contribution in [0.25, 0.3) is 0 Å². The molecule has 72 valence electrons. The Kier molecular flexibility index (Phi) is 3.92. The Labute approximate surface area is 82.4 Å². The SMILES string of the molecule is COc1ccc(SCCN)c(N)c1. The number of hydrogen-bond donors (Lipinski definition) is 2. The molecule has 1 aromatic rings. The van der Waals surface area contributed by atoms with Gasteiger partial charge >= 0.3 is 0 Å². The molecule has 0 bridgehead atoms. The maximum atomic E-state index is 5.80. The van der Waals surface area contributed by atoms with Crippen LogP contribution < -0.4 is 16.2 Å². The summed E-state index contributed by atoms with van der Waals surface area (Å²) in [6, 6.07) is 5.67. The van der Waals surface area contributed by atoms with E-state index < -0.39 is 0 Å². The number of nitrogens with two attached hydrogens (primary N) is 2. The molecule has 4 N–H and O–H groups in total. The van der Waals surface area contributed by atoms with Gasteiger partial charge in [-0.25, -0.2) is 0 Å². The summed E-state index contributed by atoms with van der Waals surface area (Å²) in [7, 11) is 1.63. The average Bonchev–Trinajstić information content (AvgIpc) is 2.16. The number of methoxy groups -OCH3 is 1. The van der Waals surface area contributed by atoms with Gasteiger partial charge in [-0.3, -0.25) is 0 Å². The summed E-state index contributed by atoms with van der Waals surface area (Å²) >= 11 is 1.66. The van der Waals surface area contributed by atoms with E-state index in [-0.39, 0.29) is 0 Å². The molecule has 0 radical (unpaired) electrons. The highest BCUT2D eigenvalue weighted by Gasteiger charge is 2.00. The lowest BCUT2D eigenvalue weighted by molar-refractivity contribution is 0.415. The molecular formula is C9H14N2OS. The van der Waals surface area contributed by atoms with Crippen molar-refractivity contribution in [3.05, 3.63) is 18.2 Å². The average molecular weight is 198 g/mol. The Hall–Kier alpha value is -0.870. The minimum atomic E-state index is 0.663. The molecule has 0 fully saturated rings. The molecule has 0 heterocycles. The molecule has 0 aliphatic heterocycles. The van der Waals surface area contributed by atoms with Crippen LogP contribution in [0.4, 0.5) is 5.69 Å². The molecule has 0 saturated carbocycles. The number of nitrogen functional groups attached to an aromatic ring is 1. The zero-order chi connectivity index (χ0) is 9.68. The van der Waals surface area contributed by atoms with E-state index in [0.29, 0.717) is 6.54 Å². The van der Waals surface area contributed by atoms with E-state index >= 15 is 0 Å². The summed E-state index contributed by atoms with van der Waals surface area (Å²) in [6.07, 6.45) is 0. The fraction of sp³-hybridized carbons (Fsp3) is 0.333. The molecule has 0 aliphatic rings. The molecular weight excluding hydrogens is 184 g/mol. The van der Waals surface area contributed by atoms with Crippen LogP contribution in [0.15, 0.2) is 23.1 Å². The van der Waals surface area contributed by atoms with Gasteiger partial charge in [-0.05, 0) is 12.1 Å². The first-order valence-electron chi connectivity index (χ1n) is 4.04. The zero-order valence-corrected chi connectivity index (χ0v) is 8.43. The van der Waals surface area contributed by atoms with Gasteiger partial charge in [-0.1, -0.05) is 0 Å². The highest BCUT2D eigenvalue weighted by molar-refractivity contribution is 7.99. The molecule has 3 nitrogen and oxygen atoms in total. The highest BCUT2D eigenvalue weighted by Crippen LogP contribution is 2.27. The number of ether oxygens (including phenoxy) is 1. The molecule has 4 heteroatoms. The van der Waals surface area contributed by atoms with E-state index in [4.69, 9.17) is 16.2 Å². The van der Waals surface area contributed by atoms with Crippen molar-refractivity contribution in [2.24, 2.45) is 5.73 Å². The second-order valence-corrected chi connectivity index (χ2v) is 3.68. The summed E-state index contributed by atoms with van der Waals surface area (Å²) in [5.41, 5.74) is 11.9. The molecule has 13 heavy (non-hydrogen) atoms. The van der Waals surface area contributed by atoms with E-state index in [1.165, 1.54) is 0 Å². The van der Waals surface area contributed by atoms with Crippen molar-refractivity contribution in [3.63, 3.8) is 0 Å². The third-order valence-corrected chi connectivity index (χ3v) is 2.71. The summed E-state index contributed by atoms with van der Waals surface area (Å²) < 4.78 is 5.04. The van der Waals surface area contributed by atoms with Crippen LogP contribution in [-0.4, -0.2) is 19.4 Å². The Morgan fingerprint density at radius 2 is 2.23 bits per heavy atom. The number of anilines is 1. The minimum absolute atomic E-state index is 0.663. The summed E-state index contributed by atoms with van der Waals surface area (Å²) in [4.78, 5) is 1.06. The predicted octanol–water partition coefficient (Wildman–Crippen LogP) is 1.33. The standard InChI is InChI=1S/C9H14N2OS/c1-12-7-2-3-9(8(11)6-7)13-5-4-10/h2-3,6H,4-5,10-11H2,1H3. The monoisotopic (exact) mass is 198 g/mol. The quantitative estimate of drug-likeness (QED) is 0.566. The highest BCUT2D eigenvalue weighted by atomic mass is 32.2. The van der Waals surface area contributed by atoms with Gasteiger partial charge in [0.15, 0.2) is 0 Å². The lowest BCUT2D eigenvalue weighted by atomic mass is 10.3. The smallest absolute Gasteiger partial charge is 0.120 e. The van der Waals surface area contributed by atoms with Gasteiger partial charge in [0, 0.05) is 28.9 Å². The van der Waals surface area contributed by atoms with Gasteiger partial charge in [0.05, 0.1) is 7.11 Å². The lowest BCUT2D eigenvalue weighted by Crippen LogP contribution is -2.01. The van der Waals surface area contributed by atoms with Crippen molar-refractivity contribution >= 4 is 17.4 Å². The Morgan fingerprint density at radius 1 is 1.46 bits per heavy atom. The van der Waals surface area contributed by atoms with Gasteiger partial charge < -0.3 is 16.2 Å². The molecule has 1 aromatic carbocycles. The van der Waals surface area contributed by atoms with Crippen molar-refractivity contribution in [2.45, 2.75) is 4.90 Å². The molecule has 1 rings (SSSR count). The third kappa shape index (κ3) is 2.82. The third-order valence-electron chi connectivity index (χ3n) is 1.59. The first-order valence-corrected chi connectivity index (χ1v) is 5.03. The first kappa shape index (κ1) is 10.2. The predicted molar refractivity (Wildman–Crippen MR) is 57.2 cm³/mol. The van der Waals surface area contributed by atoms with Crippen LogP contribution in [0.5, 0.6) is 5.75 Å². The van der Waals surface area contributed by atoms with E-state index in [1.54, 1.807) is 18.9 Å². The van der Waals surface area contributed by atoms with Gasteiger partial charge in [-0.15, -0.1) is 11.8 Å². The number of thioether (sulfide) groups is 1. The van der Waals surface area contributed by atoms with Crippen LogP contribution in [0, 0.1) is 0 Å². The van der Waals surface area contributed by atoms with Crippen LogP contribution in [0.2, 0.25) is 0 Å². The van der Waals surface area contributed by atoms with Crippen molar-refractivity contribution in [2.75, 3.05) is 25.1 Å². The molecule has 0 atom stereocenters. The minimum Gasteiger partial charge on any atom is -0.497 e. The van der Waals surface area contributed by atoms with Gasteiger partial charge in [0.2, 0.25) is 0 Å². The van der Waals surface area contributed by atoms with E-state index in [9.17, 15) is 0 Å². The zero-order valence-electron chi connectivity index (χ0n) is 7.62. The van der Waals surface area contributed by atoms with Gasteiger partial charge in [0.1, 0.15) is 5.75 Å². The largest absolute Gasteiger partial charge is 0.497 e. The van der Waals surface area contributed by atoms with Crippen molar-refractivity contribution in [1.29, 1.82) is 0 Å². The fourth-order valence-electron chi connectivity index (χ4n) is 0.954. The molecule has 0 aliphatic carbocycles. The molecule has 0 spiro atoms. The van der Waals surface area contributed by atoms with Gasteiger partial charge in [0.25, 0.3) is 0 Å².